The van der Waals surface area contributed by atoms with Crippen molar-refractivity contribution in [3.8, 4) is 0 Å². The molecular formula is C16H13NO6. The first-order chi connectivity index (χ1) is 11.1. The highest BCUT2D eigenvalue weighted by Gasteiger charge is 2.31. The van der Waals surface area contributed by atoms with E-state index in [1.165, 1.54) is 18.4 Å². The lowest BCUT2D eigenvalue weighted by Gasteiger charge is -2.12. The number of ether oxygens (including phenoxy) is 2. The lowest BCUT2D eigenvalue weighted by molar-refractivity contribution is -0.145. The maximum Gasteiger partial charge on any atom is 0.347 e. The number of para-hydroxylation sites is 1. The zero-order valence-corrected chi connectivity index (χ0v) is 12.0. The molecule has 0 radical (unpaired) electrons. The van der Waals surface area contributed by atoms with Gasteiger partial charge in [-0.25, -0.2) is 9.59 Å². The van der Waals surface area contributed by atoms with E-state index in [1.54, 1.807) is 24.3 Å². The molecule has 2 heterocycles. The van der Waals surface area contributed by atoms with E-state index >= 15 is 0 Å². The van der Waals surface area contributed by atoms with Crippen molar-refractivity contribution in [3.63, 3.8) is 0 Å². The summed E-state index contributed by atoms with van der Waals surface area (Å²) in [7, 11) is 0. The fraction of sp³-hybridized carbons (Fsp3) is 0.188. The average molecular weight is 315 g/mol. The van der Waals surface area contributed by atoms with Crippen LogP contribution in [0.4, 0.5) is 5.69 Å². The second-order valence-corrected chi connectivity index (χ2v) is 4.83. The Kier molecular flexibility index (Phi) is 4.09. The van der Waals surface area contributed by atoms with Gasteiger partial charge in [0, 0.05) is 6.42 Å². The van der Waals surface area contributed by atoms with Gasteiger partial charge in [-0.1, -0.05) is 12.1 Å². The molecule has 1 aliphatic heterocycles. The molecule has 1 amide bonds. The zero-order chi connectivity index (χ0) is 16.2. The Morgan fingerprint density at radius 3 is 2.70 bits per heavy atom. The number of carbonyl (C=O) groups excluding carboxylic acids is 3. The number of rotatable bonds is 4. The van der Waals surface area contributed by atoms with Gasteiger partial charge in [0.15, 0.2) is 5.76 Å². The van der Waals surface area contributed by atoms with Crippen LogP contribution in [0, 0.1) is 0 Å². The van der Waals surface area contributed by atoms with Gasteiger partial charge in [-0.15, -0.1) is 0 Å². The number of cyclic esters (lactones) is 1. The van der Waals surface area contributed by atoms with Gasteiger partial charge in [-0.2, -0.15) is 0 Å². The first-order valence-electron chi connectivity index (χ1n) is 6.96. The van der Waals surface area contributed by atoms with Crippen molar-refractivity contribution in [1.82, 2.24) is 0 Å². The predicted octanol–water partition coefficient (Wildman–Crippen LogP) is 2.00. The SMILES string of the molecule is O=C(Nc1ccccc1C(=O)O[C@@H]1CCOC1=O)c1ccco1. The number of hydrogen-bond acceptors (Lipinski definition) is 6. The van der Waals surface area contributed by atoms with E-state index in [2.05, 4.69) is 5.32 Å². The molecule has 23 heavy (non-hydrogen) atoms. The van der Waals surface area contributed by atoms with E-state index in [1.807, 2.05) is 0 Å². The standard InChI is InChI=1S/C16H13NO6/c18-14(12-6-3-8-21-12)17-11-5-2-1-4-10(11)15(19)23-13-7-9-22-16(13)20/h1-6,8,13H,7,9H2,(H,17,18)/t13-/m1/s1. The molecule has 1 aromatic heterocycles. The Labute approximate surface area is 131 Å². The normalized spacial score (nSPS) is 16.7. The minimum absolute atomic E-state index is 0.118. The molecule has 7 heteroatoms. The number of amides is 1. The third kappa shape index (κ3) is 3.23. The van der Waals surface area contributed by atoms with E-state index in [0.29, 0.717) is 6.42 Å². The molecule has 0 saturated carbocycles. The van der Waals surface area contributed by atoms with Crippen LogP contribution in [0.15, 0.2) is 47.1 Å². The van der Waals surface area contributed by atoms with Crippen molar-refractivity contribution < 1.29 is 28.3 Å². The number of nitrogens with one attached hydrogen (secondary N) is 1. The number of anilines is 1. The summed E-state index contributed by atoms with van der Waals surface area (Å²) in [6.07, 6.45) is 0.795. The molecule has 118 valence electrons. The van der Waals surface area contributed by atoms with Crippen molar-refractivity contribution in [3.05, 3.63) is 54.0 Å². The minimum Gasteiger partial charge on any atom is -0.463 e. The molecule has 3 rings (SSSR count). The van der Waals surface area contributed by atoms with E-state index in [4.69, 9.17) is 13.9 Å². The van der Waals surface area contributed by atoms with Gasteiger partial charge in [-0.3, -0.25) is 4.79 Å². The fourth-order valence-electron chi connectivity index (χ4n) is 2.14. The van der Waals surface area contributed by atoms with Crippen LogP contribution in [0.3, 0.4) is 0 Å². The average Bonchev–Trinajstić information content (AvgIpc) is 3.20. The molecule has 0 bridgehead atoms. The summed E-state index contributed by atoms with van der Waals surface area (Å²) in [5.74, 6) is -1.64. The molecule has 7 nitrogen and oxygen atoms in total. The van der Waals surface area contributed by atoms with E-state index in [9.17, 15) is 14.4 Å². The third-order valence-electron chi connectivity index (χ3n) is 3.28. The summed E-state index contributed by atoms with van der Waals surface area (Å²) in [5, 5.41) is 2.58. The van der Waals surface area contributed by atoms with Gasteiger partial charge in [0.25, 0.3) is 5.91 Å². The van der Waals surface area contributed by atoms with Crippen molar-refractivity contribution in [2.24, 2.45) is 0 Å². The second kappa shape index (κ2) is 6.35. The van der Waals surface area contributed by atoms with Crippen LogP contribution in [0.5, 0.6) is 0 Å². The van der Waals surface area contributed by atoms with Gasteiger partial charge in [-0.05, 0) is 24.3 Å². The van der Waals surface area contributed by atoms with Gasteiger partial charge < -0.3 is 19.2 Å². The maximum absolute atomic E-state index is 12.2. The van der Waals surface area contributed by atoms with Gasteiger partial charge in [0.1, 0.15) is 0 Å². The van der Waals surface area contributed by atoms with Crippen molar-refractivity contribution in [2.45, 2.75) is 12.5 Å². The molecule has 1 atom stereocenters. The Morgan fingerprint density at radius 1 is 1.17 bits per heavy atom. The van der Waals surface area contributed by atoms with Gasteiger partial charge in [0.2, 0.25) is 6.10 Å². The number of carbonyl (C=O) groups is 3. The van der Waals surface area contributed by atoms with Crippen molar-refractivity contribution in [2.75, 3.05) is 11.9 Å². The Morgan fingerprint density at radius 2 is 2.00 bits per heavy atom. The quantitative estimate of drug-likeness (QED) is 0.867. The number of furan rings is 1. The molecule has 0 unspecified atom stereocenters. The van der Waals surface area contributed by atoms with Crippen LogP contribution in [0.25, 0.3) is 0 Å². The number of hydrogen-bond donors (Lipinski definition) is 1. The largest absolute Gasteiger partial charge is 0.463 e. The summed E-state index contributed by atoms with van der Waals surface area (Å²) >= 11 is 0. The smallest absolute Gasteiger partial charge is 0.347 e. The molecule has 1 N–H and O–H groups in total. The first-order valence-corrected chi connectivity index (χ1v) is 6.96. The topological polar surface area (TPSA) is 94.8 Å². The molecule has 1 aromatic carbocycles. The lowest BCUT2D eigenvalue weighted by atomic mass is 10.1. The summed E-state index contributed by atoms with van der Waals surface area (Å²) in [4.78, 5) is 35.6. The van der Waals surface area contributed by atoms with Crippen LogP contribution in [-0.2, 0) is 14.3 Å². The minimum atomic E-state index is -0.906. The molecule has 1 saturated heterocycles. The Balaban J connectivity index is 1.76. The molecule has 0 spiro atoms. The van der Waals surface area contributed by atoms with Crippen LogP contribution < -0.4 is 5.32 Å². The highest BCUT2D eigenvalue weighted by atomic mass is 16.6. The Bertz CT molecular complexity index is 737. The molecule has 0 aliphatic carbocycles. The van der Waals surface area contributed by atoms with Crippen LogP contribution >= 0.6 is 0 Å². The first kappa shape index (κ1) is 14.8. The third-order valence-corrected chi connectivity index (χ3v) is 3.28. The highest BCUT2D eigenvalue weighted by molar-refractivity contribution is 6.06. The zero-order valence-electron chi connectivity index (χ0n) is 12.0. The predicted molar refractivity (Wildman–Crippen MR) is 77.9 cm³/mol. The summed E-state index contributed by atoms with van der Waals surface area (Å²) in [5.41, 5.74) is 0.414. The van der Waals surface area contributed by atoms with E-state index in [-0.39, 0.29) is 23.6 Å². The fourth-order valence-corrected chi connectivity index (χ4v) is 2.14. The van der Waals surface area contributed by atoms with Crippen LogP contribution in [-0.4, -0.2) is 30.6 Å². The van der Waals surface area contributed by atoms with E-state index < -0.39 is 23.9 Å². The second-order valence-electron chi connectivity index (χ2n) is 4.83. The molecule has 1 aliphatic rings. The Hall–Kier alpha value is -3.09. The number of esters is 2. The van der Waals surface area contributed by atoms with Crippen LogP contribution in [0.2, 0.25) is 0 Å². The number of benzene rings is 1. The summed E-state index contributed by atoms with van der Waals surface area (Å²) in [6.45, 7) is 0.230. The maximum atomic E-state index is 12.2. The monoisotopic (exact) mass is 315 g/mol. The molecular weight excluding hydrogens is 302 g/mol. The highest BCUT2D eigenvalue weighted by Crippen LogP contribution is 2.20. The molecule has 1 fully saturated rings. The lowest BCUT2D eigenvalue weighted by Crippen LogP contribution is -2.23. The molecule has 2 aromatic rings. The van der Waals surface area contributed by atoms with Crippen molar-refractivity contribution in [1.29, 1.82) is 0 Å². The summed E-state index contributed by atoms with van der Waals surface area (Å²) in [6, 6.07) is 9.45. The van der Waals surface area contributed by atoms with Gasteiger partial charge in [0.05, 0.1) is 24.1 Å². The van der Waals surface area contributed by atoms with E-state index in [0.717, 1.165) is 0 Å². The van der Waals surface area contributed by atoms with Crippen LogP contribution in [0.1, 0.15) is 27.3 Å². The van der Waals surface area contributed by atoms with Crippen molar-refractivity contribution >= 4 is 23.5 Å². The summed E-state index contributed by atoms with van der Waals surface area (Å²) < 4.78 is 14.9. The van der Waals surface area contributed by atoms with Gasteiger partial charge >= 0.3 is 11.9 Å².